The molecule has 0 radical (unpaired) electrons. The summed E-state index contributed by atoms with van der Waals surface area (Å²) in [4.78, 5) is 39.8. The molecule has 1 saturated heterocycles. The first-order chi connectivity index (χ1) is 21.0. The zero-order valence-electron chi connectivity index (χ0n) is 25.4. The van der Waals surface area contributed by atoms with Crippen LogP contribution >= 0.6 is 0 Å². The van der Waals surface area contributed by atoms with E-state index in [9.17, 15) is 19.6 Å². The summed E-state index contributed by atoms with van der Waals surface area (Å²) >= 11 is 0. The molecular weight excluding hydrogens is 540 g/mol. The van der Waals surface area contributed by atoms with Crippen molar-refractivity contribution in [1.82, 2.24) is 9.47 Å². The van der Waals surface area contributed by atoms with E-state index < -0.39 is 11.9 Å². The van der Waals surface area contributed by atoms with E-state index >= 15 is 0 Å². The van der Waals surface area contributed by atoms with Gasteiger partial charge in [-0.25, -0.2) is 0 Å². The minimum atomic E-state index is -0.723. The van der Waals surface area contributed by atoms with Crippen LogP contribution in [0.5, 0.6) is 0 Å². The number of carbonyl (C=O) groups excluding carboxylic acids is 1. The Morgan fingerprint density at radius 2 is 1.79 bits per heavy atom. The lowest BCUT2D eigenvalue weighted by molar-refractivity contribution is -0.138. The second-order valence-corrected chi connectivity index (χ2v) is 12.9. The molecular formula is C35H44N4O4. The Hall–Kier alpha value is -3.52. The van der Waals surface area contributed by atoms with E-state index in [1.54, 1.807) is 6.07 Å². The van der Waals surface area contributed by atoms with Crippen LogP contribution in [0.4, 0.5) is 5.69 Å². The number of nitrogens with zero attached hydrogens (tertiary/aromatic N) is 4. The molecule has 3 aromatic rings. The molecule has 0 unspecified atom stereocenters. The van der Waals surface area contributed by atoms with Crippen LogP contribution in [0.25, 0.3) is 22.2 Å². The zero-order chi connectivity index (χ0) is 29.9. The first kappa shape index (κ1) is 29.5. The predicted octanol–water partition coefficient (Wildman–Crippen LogP) is 7.22. The van der Waals surface area contributed by atoms with Crippen molar-refractivity contribution in [2.45, 2.75) is 83.6 Å². The fourth-order valence-corrected chi connectivity index (χ4v) is 7.98. The Morgan fingerprint density at radius 1 is 0.953 bits per heavy atom. The molecule has 1 amide bonds. The van der Waals surface area contributed by atoms with Crippen LogP contribution < -0.4 is 4.90 Å². The second kappa shape index (κ2) is 13.0. The topological polar surface area (TPSA) is 95.2 Å². The number of aliphatic carboxylic acids is 1. The van der Waals surface area contributed by atoms with Crippen LogP contribution in [0.2, 0.25) is 0 Å². The van der Waals surface area contributed by atoms with Crippen LogP contribution in [0.1, 0.15) is 92.1 Å². The number of hydrogen-bond acceptors (Lipinski definition) is 5. The molecule has 3 aliphatic rings. The molecule has 0 spiro atoms. The molecule has 1 saturated carbocycles. The van der Waals surface area contributed by atoms with Gasteiger partial charge in [0.2, 0.25) is 0 Å². The number of carboxylic acid groups (broad SMARTS) is 1. The Balaban J connectivity index is 1.41. The van der Waals surface area contributed by atoms with Gasteiger partial charge in [0.1, 0.15) is 0 Å². The van der Waals surface area contributed by atoms with E-state index in [2.05, 4.69) is 44.7 Å². The molecule has 2 aliphatic heterocycles. The van der Waals surface area contributed by atoms with Crippen LogP contribution in [0.15, 0.2) is 41.6 Å². The van der Waals surface area contributed by atoms with Gasteiger partial charge in [-0.15, -0.1) is 4.91 Å². The number of aromatic nitrogens is 1. The average Bonchev–Trinajstić information content (AvgIpc) is 3.25. The van der Waals surface area contributed by atoms with Gasteiger partial charge in [0.15, 0.2) is 0 Å². The predicted molar refractivity (Wildman–Crippen MR) is 171 cm³/mol. The van der Waals surface area contributed by atoms with Gasteiger partial charge in [-0.1, -0.05) is 50.8 Å². The molecule has 8 nitrogen and oxygen atoms in total. The monoisotopic (exact) mass is 584 g/mol. The smallest absolute Gasteiger partial charge is 0.316 e. The third kappa shape index (κ3) is 6.12. The third-order valence-electron chi connectivity index (χ3n) is 9.99. The second-order valence-electron chi connectivity index (χ2n) is 12.9. The molecule has 228 valence electrons. The highest BCUT2D eigenvalue weighted by Crippen LogP contribution is 2.47. The lowest BCUT2D eigenvalue weighted by atomic mass is 9.81. The Bertz CT molecular complexity index is 1510. The average molecular weight is 585 g/mol. The first-order valence-corrected chi connectivity index (χ1v) is 16.3. The quantitative estimate of drug-likeness (QED) is 0.267. The number of carbonyl (C=O) groups is 2. The minimum absolute atomic E-state index is 0.224. The molecule has 1 N–H and O–H groups in total. The highest BCUT2D eigenvalue weighted by molar-refractivity contribution is 6.02. The fourth-order valence-electron chi connectivity index (χ4n) is 7.98. The summed E-state index contributed by atoms with van der Waals surface area (Å²) in [5, 5.41) is 13.3. The number of likely N-dealkylation sites (tertiary alicyclic amines) is 1. The molecule has 1 aromatic heterocycles. The number of anilines is 1. The van der Waals surface area contributed by atoms with Crippen LogP contribution in [0.3, 0.4) is 0 Å². The minimum Gasteiger partial charge on any atom is -0.481 e. The number of piperidine rings is 1. The maximum absolute atomic E-state index is 12.3. The lowest BCUT2D eigenvalue weighted by Crippen LogP contribution is -2.41. The van der Waals surface area contributed by atoms with Gasteiger partial charge >= 0.3 is 11.9 Å². The van der Waals surface area contributed by atoms with Gasteiger partial charge in [0, 0.05) is 72.0 Å². The summed E-state index contributed by atoms with van der Waals surface area (Å²) in [5.74, 6) is -0.734. The number of aryl methyl sites for hydroxylation is 1. The van der Waals surface area contributed by atoms with Crippen molar-refractivity contribution in [2.24, 2.45) is 11.1 Å². The first-order valence-electron chi connectivity index (χ1n) is 16.3. The summed E-state index contributed by atoms with van der Waals surface area (Å²) in [6, 6.07) is 12.7. The number of nitroso groups, excluding NO2 is 1. The maximum Gasteiger partial charge on any atom is 0.316 e. The molecule has 0 bridgehead atoms. The Kier molecular flexibility index (Phi) is 8.93. The molecule has 1 atom stereocenters. The van der Waals surface area contributed by atoms with Gasteiger partial charge in [0.05, 0.1) is 5.69 Å². The van der Waals surface area contributed by atoms with Crippen molar-refractivity contribution in [3.8, 4) is 11.3 Å². The van der Waals surface area contributed by atoms with Gasteiger partial charge in [-0.3, -0.25) is 9.59 Å². The highest BCUT2D eigenvalue weighted by Gasteiger charge is 2.31. The van der Waals surface area contributed by atoms with Crippen molar-refractivity contribution in [3.05, 3.63) is 58.0 Å². The van der Waals surface area contributed by atoms with Crippen molar-refractivity contribution in [2.75, 3.05) is 37.6 Å². The number of amides is 1. The van der Waals surface area contributed by atoms with E-state index in [1.165, 1.54) is 65.6 Å². The molecule has 6 rings (SSSR count). The normalized spacial score (nSPS) is 19.6. The molecule has 8 heteroatoms. The highest BCUT2D eigenvalue weighted by atomic mass is 16.4. The number of hydrogen-bond donors (Lipinski definition) is 1. The number of rotatable bonds is 9. The molecule has 1 aliphatic carbocycles. The van der Waals surface area contributed by atoms with Gasteiger partial charge < -0.3 is 19.5 Å². The van der Waals surface area contributed by atoms with Gasteiger partial charge in [-0.05, 0) is 79.8 Å². The summed E-state index contributed by atoms with van der Waals surface area (Å²) in [6.07, 6.45) is 10.5. The third-order valence-corrected chi connectivity index (χ3v) is 9.99. The van der Waals surface area contributed by atoms with E-state index in [-0.39, 0.29) is 12.3 Å². The zero-order valence-corrected chi connectivity index (χ0v) is 25.4. The summed E-state index contributed by atoms with van der Waals surface area (Å²) in [5.41, 5.74) is 7.89. The van der Waals surface area contributed by atoms with Crippen molar-refractivity contribution >= 4 is 28.5 Å². The SMILES string of the molecule is CCCc1ccc2c(c1)N(CCN1CCC[C@@H](CC(=O)O)C1)CCn1c-2c(C2CCCCC2)c2ccc(C(=O)N=O)cc21. The van der Waals surface area contributed by atoms with Crippen LogP contribution in [-0.2, 0) is 17.8 Å². The number of benzene rings is 2. The van der Waals surface area contributed by atoms with Crippen LogP contribution in [0, 0.1) is 10.8 Å². The maximum atomic E-state index is 12.3. The fraction of sp³-hybridized carbons (Fsp3) is 0.543. The summed E-state index contributed by atoms with van der Waals surface area (Å²) in [6.45, 7) is 7.49. The van der Waals surface area contributed by atoms with E-state index in [0.29, 0.717) is 11.5 Å². The Labute approximate surface area is 254 Å². The van der Waals surface area contributed by atoms with E-state index in [4.69, 9.17) is 0 Å². The summed E-state index contributed by atoms with van der Waals surface area (Å²) in [7, 11) is 0. The molecule has 3 heterocycles. The molecule has 43 heavy (non-hydrogen) atoms. The standard InChI is InChI=1S/C35H44N4O4/c1-2-7-24-11-13-29-30(20-24)38(17-16-37-15-6-8-25(23-37)21-32(40)41)18-19-39-31-22-27(35(42)36-43)12-14-28(31)33(34(29)39)26-9-4-3-5-10-26/h11-14,20,22,25-26H,2-10,15-19,21,23H2,1H3,(H,40,41)/t25-/m0/s1. The van der Waals surface area contributed by atoms with E-state index in [1.807, 2.05) is 12.1 Å². The lowest BCUT2D eigenvalue weighted by Gasteiger charge is -2.34. The van der Waals surface area contributed by atoms with Crippen molar-refractivity contribution in [1.29, 1.82) is 0 Å². The van der Waals surface area contributed by atoms with Gasteiger partial charge in [0.25, 0.3) is 0 Å². The largest absolute Gasteiger partial charge is 0.481 e. The van der Waals surface area contributed by atoms with Crippen molar-refractivity contribution in [3.63, 3.8) is 0 Å². The molecule has 2 aromatic carbocycles. The number of fused-ring (bicyclic) bond motifs is 5. The van der Waals surface area contributed by atoms with Crippen molar-refractivity contribution < 1.29 is 14.7 Å². The number of carboxylic acids is 1. The molecule has 2 fully saturated rings. The van der Waals surface area contributed by atoms with E-state index in [0.717, 1.165) is 70.5 Å². The van der Waals surface area contributed by atoms with Crippen LogP contribution in [-0.4, -0.2) is 59.2 Å². The summed E-state index contributed by atoms with van der Waals surface area (Å²) < 4.78 is 2.41. The Morgan fingerprint density at radius 3 is 2.56 bits per heavy atom. The van der Waals surface area contributed by atoms with Gasteiger partial charge in [-0.2, -0.15) is 0 Å².